The van der Waals surface area contributed by atoms with Gasteiger partial charge in [0.05, 0.1) is 6.61 Å². The highest BCUT2D eigenvalue weighted by Gasteiger charge is 1.92. The van der Waals surface area contributed by atoms with Crippen molar-refractivity contribution in [2.45, 2.75) is 45.4 Å². The van der Waals surface area contributed by atoms with Crippen molar-refractivity contribution in [3.63, 3.8) is 0 Å². The van der Waals surface area contributed by atoms with E-state index in [2.05, 4.69) is 34.7 Å². The van der Waals surface area contributed by atoms with Gasteiger partial charge in [0.25, 0.3) is 0 Å². The number of rotatable bonds is 9. The summed E-state index contributed by atoms with van der Waals surface area (Å²) in [5.41, 5.74) is 0. The van der Waals surface area contributed by atoms with Gasteiger partial charge in [0, 0.05) is 11.4 Å². The maximum absolute atomic E-state index is 10.4. The third-order valence-electron chi connectivity index (χ3n) is 2.01. The molecule has 0 spiro atoms. The Kier molecular flexibility index (Phi) is 12.0. The minimum atomic E-state index is -0.170. The SMILES string of the molecule is CC(=O)OCCCCCC/C=C\CCI. The molecule has 0 amide bonds. The molecule has 0 saturated carbocycles. The molecule has 0 fully saturated rings. The van der Waals surface area contributed by atoms with Gasteiger partial charge in [0.2, 0.25) is 0 Å². The number of halogens is 1. The number of hydrogen-bond acceptors (Lipinski definition) is 2. The molecular formula is C12H21IO2. The predicted octanol–water partition coefficient (Wildman–Crippen LogP) is 3.88. The summed E-state index contributed by atoms with van der Waals surface area (Å²) in [4.78, 5) is 10.4. The summed E-state index contributed by atoms with van der Waals surface area (Å²) in [6.07, 6.45) is 11.5. The zero-order valence-electron chi connectivity index (χ0n) is 9.51. The highest BCUT2D eigenvalue weighted by Crippen LogP contribution is 2.04. The van der Waals surface area contributed by atoms with Gasteiger partial charge in [0.15, 0.2) is 0 Å². The molecule has 3 heteroatoms. The number of esters is 1. The number of carbonyl (C=O) groups is 1. The Bertz CT molecular complexity index is 178. The van der Waals surface area contributed by atoms with Gasteiger partial charge in [-0.05, 0) is 25.7 Å². The van der Waals surface area contributed by atoms with E-state index in [-0.39, 0.29) is 5.97 Å². The Balaban J connectivity index is 3.01. The second kappa shape index (κ2) is 12.0. The maximum atomic E-state index is 10.4. The first-order valence-electron chi connectivity index (χ1n) is 5.61. The molecule has 0 aromatic heterocycles. The average molecular weight is 324 g/mol. The van der Waals surface area contributed by atoms with Crippen molar-refractivity contribution in [2.75, 3.05) is 11.0 Å². The summed E-state index contributed by atoms with van der Waals surface area (Å²) in [5.74, 6) is -0.170. The lowest BCUT2D eigenvalue weighted by Gasteiger charge is -2.00. The van der Waals surface area contributed by atoms with E-state index in [4.69, 9.17) is 4.74 Å². The van der Waals surface area contributed by atoms with Crippen LogP contribution in [0.25, 0.3) is 0 Å². The molecule has 0 aliphatic carbocycles. The van der Waals surface area contributed by atoms with Crippen molar-refractivity contribution in [2.24, 2.45) is 0 Å². The lowest BCUT2D eigenvalue weighted by molar-refractivity contribution is -0.141. The summed E-state index contributed by atoms with van der Waals surface area (Å²) in [6.45, 7) is 2.04. The van der Waals surface area contributed by atoms with Gasteiger partial charge in [-0.15, -0.1) is 0 Å². The zero-order valence-corrected chi connectivity index (χ0v) is 11.7. The molecule has 15 heavy (non-hydrogen) atoms. The van der Waals surface area contributed by atoms with Crippen molar-refractivity contribution in [1.82, 2.24) is 0 Å². The first-order chi connectivity index (χ1) is 7.27. The Morgan fingerprint density at radius 3 is 2.47 bits per heavy atom. The van der Waals surface area contributed by atoms with Gasteiger partial charge < -0.3 is 4.74 Å². The molecule has 0 aromatic rings. The largest absolute Gasteiger partial charge is 0.466 e. The fourth-order valence-corrected chi connectivity index (χ4v) is 1.59. The van der Waals surface area contributed by atoms with Crippen LogP contribution in [0.1, 0.15) is 45.4 Å². The average Bonchev–Trinajstić information content (AvgIpc) is 2.20. The predicted molar refractivity (Wildman–Crippen MR) is 72.4 cm³/mol. The molecule has 0 radical (unpaired) electrons. The number of carbonyl (C=O) groups excluding carboxylic acids is 1. The lowest BCUT2D eigenvalue weighted by Crippen LogP contribution is -1.99. The summed E-state index contributed by atoms with van der Waals surface area (Å²) in [7, 11) is 0. The first-order valence-corrected chi connectivity index (χ1v) is 7.14. The molecule has 0 aliphatic heterocycles. The van der Waals surface area contributed by atoms with Crippen LogP contribution in [-0.4, -0.2) is 17.0 Å². The van der Waals surface area contributed by atoms with Crippen LogP contribution in [0, 0.1) is 0 Å². The van der Waals surface area contributed by atoms with Gasteiger partial charge in [-0.1, -0.05) is 47.6 Å². The number of ether oxygens (including phenoxy) is 1. The van der Waals surface area contributed by atoms with E-state index in [9.17, 15) is 4.79 Å². The van der Waals surface area contributed by atoms with Crippen molar-refractivity contribution < 1.29 is 9.53 Å². The van der Waals surface area contributed by atoms with Crippen LogP contribution in [0.15, 0.2) is 12.2 Å². The lowest BCUT2D eigenvalue weighted by atomic mass is 10.1. The van der Waals surface area contributed by atoms with Crippen molar-refractivity contribution in [1.29, 1.82) is 0 Å². The van der Waals surface area contributed by atoms with Crippen LogP contribution in [0.2, 0.25) is 0 Å². The standard InChI is InChI=1S/C12H21IO2/c1-12(14)15-11-9-7-5-3-2-4-6-8-10-13/h4,6H,2-3,5,7-11H2,1H3/b6-4-. The third kappa shape index (κ3) is 13.9. The van der Waals surface area contributed by atoms with E-state index in [1.165, 1.54) is 37.0 Å². The topological polar surface area (TPSA) is 26.3 Å². The minimum Gasteiger partial charge on any atom is -0.466 e. The Hall–Kier alpha value is -0.0600. The summed E-state index contributed by atoms with van der Waals surface area (Å²) in [5, 5.41) is 0. The second-order valence-corrected chi connectivity index (χ2v) is 4.57. The molecule has 2 nitrogen and oxygen atoms in total. The van der Waals surface area contributed by atoms with Gasteiger partial charge in [-0.2, -0.15) is 0 Å². The second-order valence-electron chi connectivity index (χ2n) is 3.49. The van der Waals surface area contributed by atoms with E-state index in [1.54, 1.807) is 0 Å². The Labute approximate surface area is 107 Å². The molecule has 0 saturated heterocycles. The molecule has 0 aromatic carbocycles. The van der Waals surface area contributed by atoms with Gasteiger partial charge in [0.1, 0.15) is 0 Å². The highest BCUT2D eigenvalue weighted by molar-refractivity contribution is 14.1. The van der Waals surface area contributed by atoms with Gasteiger partial charge in [-0.3, -0.25) is 4.79 Å². The van der Waals surface area contributed by atoms with Crippen molar-refractivity contribution in [3.8, 4) is 0 Å². The fourth-order valence-electron chi connectivity index (χ4n) is 1.23. The van der Waals surface area contributed by atoms with Crippen LogP contribution in [0.5, 0.6) is 0 Å². The monoisotopic (exact) mass is 324 g/mol. The van der Waals surface area contributed by atoms with E-state index < -0.39 is 0 Å². The van der Waals surface area contributed by atoms with E-state index in [0.29, 0.717) is 6.61 Å². The van der Waals surface area contributed by atoms with Gasteiger partial charge >= 0.3 is 5.97 Å². The number of unbranched alkanes of at least 4 members (excludes halogenated alkanes) is 4. The highest BCUT2D eigenvalue weighted by atomic mass is 127. The molecule has 0 atom stereocenters. The van der Waals surface area contributed by atoms with Crippen LogP contribution >= 0.6 is 22.6 Å². The zero-order chi connectivity index (χ0) is 11.4. The molecule has 0 aliphatic rings. The van der Waals surface area contributed by atoms with Crippen LogP contribution < -0.4 is 0 Å². The van der Waals surface area contributed by atoms with E-state index in [1.807, 2.05) is 0 Å². The molecule has 0 unspecified atom stereocenters. The maximum Gasteiger partial charge on any atom is 0.302 e. The Morgan fingerprint density at radius 1 is 1.13 bits per heavy atom. The van der Waals surface area contributed by atoms with Crippen molar-refractivity contribution in [3.05, 3.63) is 12.2 Å². The quantitative estimate of drug-likeness (QED) is 0.211. The fraction of sp³-hybridized carbons (Fsp3) is 0.750. The van der Waals surface area contributed by atoms with Crippen LogP contribution in [0.3, 0.4) is 0 Å². The molecule has 88 valence electrons. The number of hydrogen-bond donors (Lipinski definition) is 0. The third-order valence-corrected chi connectivity index (χ3v) is 2.64. The smallest absolute Gasteiger partial charge is 0.302 e. The first kappa shape index (κ1) is 14.9. The van der Waals surface area contributed by atoms with Gasteiger partial charge in [-0.25, -0.2) is 0 Å². The molecular weight excluding hydrogens is 303 g/mol. The summed E-state index contributed by atoms with van der Waals surface area (Å²) >= 11 is 2.38. The molecule has 0 N–H and O–H groups in total. The normalized spacial score (nSPS) is 10.8. The van der Waals surface area contributed by atoms with E-state index in [0.717, 1.165) is 12.8 Å². The number of allylic oxidation sites excluding steroid dienone is 2. The van der Waals surface area contributed by atoms with Crippen LogP contribution in [-0.2, 0) is 9.53 Å². The number of alkyl halides is 1. The molecule has 0 bridgehead atoms. The minimum absolute atomic E-state index is 0.170. The summed E-state index contributed by atoms with van der Waals surface area (Å²) < 4.78 is 6.05. The van der Waals surface area contributed by atoms with Crippen molar-refractivity contribution >= 4 is 28.6 Å². The van der Waals surface area contributed by atoms with E-state index >= 15 is 0 Å². The molecule has 0 heterocycles. The Morgan fingerprint density at radius 2 is 1.80 bits per heavy atom. The summed E-state index contributed by atoms with van der Waals surface area (Å²) in [6, 6.07) is 0. The van der Waals surface area contributed by atoms with Crippen LogP contribution in [0.4, 0.5) is 0 Å². The molecule has 0 rings (SSSR count).